The first kappa shape index (κ1) is 13.4. The number of aromatic nitrogens is 1. The fraction of sp³-hybridized carbons (Fsp3) is 0.500. The van der Waals surface area contributed by atoms with Crippen molar-refractivity contribution in [3.63, 3.8) is 0 Å². The van der Waals surface area contributed by atoms with Gasteiger partial charge in [-0.15, -0.1) is 0 Å². The van der Waals surface area contributed by atoms with Crippen LogP contribution < -0.4 is 11.1 Å². The first-order chi connectivity index (χ1) is 8.08. The molecule has 1 atom stereocenters. The number of nitrogens with zero attached hydrogens (tertiary/aromatic N) is 1. The third kappa shape index (κ3) is 3.71. The zero-order valence-electron chi connectivity index (χ0n) is 10.4. The molecule has 0 radical (unpaired) electrons. The molecule has 0 saturated carbocycles. The molecular weight excluding hydrogens is 218 g/mol. The molecule has 0 saturated heterocycles. The lowest BCUT2D eigenvalue weighted by Gasteiger charge is -2.21. The van der Waals surface area contributed by atoms with Crippen LogP contribution in [0.5, 0.6) is 0 Å². The molecule has 1 aromatic rings. The zero-order valence-corrected chi connectivity index (χ0v) is 10.4. The highest BCUT2D eigenvalue weighted by Crippen LogP contribution is 2.12. The van der Waals surface area contributed by atoms with Gasteiger partial charge in [0.05, 0.1) is 12.7 Å². The quantitative estimate of drug-likeness (QED) is 0.754. The van der Waals surface area contributed by atoms with E-state index in [1.54, 1.807) is 18.3 Å². The van der Waals surface area contributed by atoms with E-state index in [2.05, 4.69) is 28.9 Å². The lowest BCUT2D eigenvalue weighted by Crippen LogP contribution is -2.34. The average Bonchev–Trinajstić information content (AvgIpc) is 2.34. The van der Waals surface area contributed by atoms with Gasteiger partial charge in [-0.2, -0.15) is 0 Å². The summed E-state index contributed by atoms with van der Waals surface area (Å²) in [4.78, 5) is 15.5. The van der Waals surface area contributed by atoms with E-state index in [1.807, 2.05) is 0 Å². The summed E-state index contributed by atoms with van der Waals surface area (Å²) in [5.74, 6) is 0.657. The highest BCUT2D eigenvalue weighted by molar-refractivity contribution is 5.89. The van der Waals surface area contributed by atoms with E-state index in [0.29, 0.717) is 23.8 Å². The van der Waals surface area contributed by atoms with Crippen molar-refractivity contribution in [1.82, 2.24) is 4.98 Å². The number of hydrogen-bond donors (Lipinski definition) is 2. The number of pyridine rings is 1. The third-order valence-electron chi connectivity index (χ3n) is 2.57. The Morgan fingerprint density at radius 2 is 2.29 bits per heavy atom. The fourth-order valence-corrected chi connectivity index (χ4v) is 1.44. The SMILES string of the molecule is COC(=O)c1ccnc(NC(CN)C(C)C)c1. The molecule has 0 aliphatic heterocycles. The topological polar surface area (TPSA) is 77.2 Å². The number of hydrogen-bond acceptors (Lipinski definition) is 5. The molecule has 1 aromatic heterocycles. The summed E-state index contributed by atoms with van der Waals surface area (Å²) >= 11 is 0. The minimum atomic E-state index is -0.371. The molecule has 0 spiro atoms. The number of ether oxygens (including phenoxy) is 1. The maximum Gasteiger partial charge on any atom is 0.338 e. The number of rotatable bonds is 5. The van der Waals surface area contributed by atoms with Crippen LogP contribution in [0.1, 0.15) is 24.2 Å². The molecule has 94 valence electrons. The van der Waals surface area contributed by atoms with Crippen LogP contribution in [-0.2, 0) is 4.74 Å². The molecular formula is C12H19N3O2. The van der Waals surface area contributed by atoms with E-state index in [4.69, 9.17) is 5.73 Å². The molecule has 0 aliphatic carbocycles. The van der Waals surface area contributed by atoms with Gasteiger partial charge in [-0.25, -0.2) is 9.78 Å². The molecule has 1 heterocycles. The van der Waals surface area contributed by atoms with E-state index >= 15 is 0 Å². The van der Waals surface area contributed by atoms with Crippen LogP contribution in [0, 0.1) is 5.92 Å². The second-order valence-electron chi connectivity index (χ2n) is 4.15. The van der Waals surface area contributed by atoms with Crippen LogP contribution in [0.15, 0.2) is 18.3 Å². The van der Waals surface area contributed by atoms with Crippen molar-refractivity contribution in [1.29, 1.82) is 0 Å². The summed E-state index contributed by atoms with van der Waals surface area (Å²) in [7, 11) is 1.35. The number of carbonyl (C=O) groups is 1. The summed E-state index contributed by atoms with van der Waals surface area (Å²) in [5.41, 5.74) is 6.14. The van der Waals surface area contributed by atoms with Crippen molar-refractivity contribution < 1.29 is 9.53 Å². The molecule has 1 unspecified atom stereocenters. The molecule has 1 rings (SSSR count). The molecule has 17 heavy (non-hydrogen) atoms. The Bertz CT molecular complexity index is 380. The highest BCUT2D eigenvalue weighted by atomic mass is 16.5. The van der Waals surface area contributed by atoms with Gasteiger partial charge in [0.15, 0.2) is 0 Å². The molecule has 0 fully saturated rings. The van der Waals surface area contributed by atoms with Crippen molar-refractivity contribution in [3.8, 4) is 0 Å². The van der Waals surface area contributed by atoms with Crippen LogP contribution in [0.25, 0.3) is 0 Å². The Balaban J connectivity index is 2.81. The molecule has 0 bridgehead atoms. The van der Waals surface area contributed by atoms with Crippen LogP contribution >= 0.6 is 0 Å². The van der Waals surface area contributed by atoms with Crippen LogP contribution in [0.4, 0.5) is 5.82 Å². The summed E-state index contributed by atoms with van der Waals surface area (Å²) < 4.78 is 4.65. The van der Waals surface area contributed by atoms with Gasteiger partial charge in [-0.3, -0.25) is 0 Å². The molecule has 5 heteroatoms. The van der Waals surface area contributed by atoms with Gasteiger partial charge >= 0.3 is 5.97 Å². The third-order valence-corrected chi connectivity index (χ3v) is 2.57. The number of nitrogens with one attached hydrogen (secondary N) is 1. The minimum Gasteiger partial charge on any atom is -0.465 e. The Labute approximate surface area is 101 Å². The predicted molar refractivity (Wildman–Crippen MR) is 66.9 cm³/mol. The number of carbonyl (C=O) groups excluding carboxylic acids is 1. The lowest BCUT2D eigenvalue weighted by molar-refractivity contribution is 0.0600. The Morgan fingerprint density at radius 1 is 1.59 bits per heavy atom. The maximum atomic E-state index is 11.4. The fourth-order valence-electron chi connectivity index (χ4n) is 1.44. The smallest absolute Gasteiger partial charge is 0.338 e. The molecule has 5 nitrogen and oxygen atoms in total. The number of methoxy groups -OCH3 is 1. The molecule has 3 N–H and O–H groups in total. The zero-order chi connectivity index (χ0) is 12.8. The predicted octanol–water partition coefficient (Wildman–Crippen LogP) is 1.26. The standard InChI is InChI=1S/C12H19N3O2/c1-8(2)10(7-13)15-11-6-9(4-5-14-11)12(16)17-3/h4-6,8,10H,7,13H2,1-3H3,(H,14,15). The van der Waals surface area contributed by atoms with Gasteiger partial charge in [-0.1, -0.05) is 13.8 Å². The Morgan fingerprint density at radius 3 is 2.82 bits per heavy atom. The van der Waals surface area contributed by atoms with Crippen molar-refractivity contribution in [2.24, 2.45) is 11.7 Å². The van der Waals surface area contributed by atoms with E-state index in [9.17, 15) is 4.79 Å². The summed E-state index contributed by atoms with van der Waals surface area (Å²) in [5, 5.41) is 3.20. The monoisotopic (exact) mass is 237 g/mol. The first-order valence-corrected chi connectivity index (χ1v) is 5.59. The molecule has 0 aromatic carbocycles. The Kier molecular flexibility index (Phi) is 4.90. The lowest BCUT2D eigenvalue weighted by atomic mass is 10.0. The van der Waals surface area contributed by atoms with Gasteiger partial charge in [0.2, 0.25) is 0 Å². The Hall–Kier alpha value is -1.62. The van der Waals surface area contributed by atoms with Crippen molar-refractivity contribution in [2.45, 2.75) is 19.9 Å². The molecule has 0 amide bonds. The van der Waals surface area contributed by atoms with Crippen molar-refractivity contribution >= 4 is 11.8 Å². The van der Waals surface area contributed by atoms with Gasteiger partial charge in [0, 0.05) is 18.8 Å². The maximum absolute atomic E-state index is 11.4. The molecule has 0 aliphatic rings. The second-order valence-corrected chi connectivity index (χ2v) is 4.15. The normalized spacial score (nSPS) is 12.3. The van der Waals surface area contributed by atoms with E-state index in [0.717, 1.165) is 0 Å². The van der Waals surface area contributed by atoms with Crippen LogP contribution in [0.2, 0.25) is 0 Å². The average molecular weight is 237 g/mol. The van der Waals surface area contributed by atoms with Gasteiger partial charge in [0.25, 0.3) is 0 Å². The first-order valence-electron chi connectivity index (χ1n) is 5.59. The largest absolute Gasteiger partial charge is 0.465 e. The number of esters is 1. The van der Waals surface area contributed by atoms with Gasteiger partial charge in [0.1, 0.15) is 5.82 Å². The van der Waals surface area contributed by atoms with Gasteiger partial charge < -0.3 is 15.8 Å². The summed E-state index contributed by atoms with van der Waals surface area (Å²) in [6.07, 6.45) is 1.57. The second kappa shape index (κ2) is 6.20. The minimum absolute atomic E-state index is 0.135. The van der Waals surface area contributed by atoms with E-state index < -0.39 is 0 Å². The number of nitrogens with two attached hydrogens (primary N) is 1. The highest BCUT2D eigenvalue weighted by Gasteiger charge is 2.13. The summed E-state index contributed by atoms with van der Waals surface area (Å²) in [6, 6.07) is 3.41. The van der Waals surface area contributed by atoms with E-state index in [1.165, 1.54) is 7.11 Å². The van der Waals surface area contributed by atoms with E-state index in [-0.39, 0.29) is 12.0 Å². The summed E-state index contributed by atoms with van der Waals surface area (Å²) in [6.45, 7) is 4.67. The van der Waals surface area contributed by atoms with Crippen molar-refractivity contribution in [3.05, 3.63) is 23.9 Å². The van der Waals surface area contributed by atoms with Gasteiger partial charge in [-0.05, 0) is 18.1 Å². The number of anilines is 1. The van der Waals surface area contributed by atoms with Crippen molar-refractivity contribution in [2.75, 3.05) is 19.0 Å². The van der Waals surface area contributed by atoms with Crippen LogP contribution in [0.3, 0.4) is 0 Å². The van der Waals surface area contributed by atoms with Crippen LogP contribution in [-0.4, -0.2) is 30.6 Å².